The van der Waals surface area contributed by atoms with Gasteiger partial charge in [0.1, 0.15) is 11.6 Å². The SMILES string of the molecule is COCCCOc1cc(C[C@@H](CC[C@@H](O)C[C@H](C(=O)NCc2ccc(F)cc2F)C(C)C)C(C)C)ccc1OC. The number of nitrogens with one attached hydrogen (secondary N) is 1. The zero-order chi connectivity index (χ0) is 29.7. The van der Waals surface area contributed by atoms with Gasteiger partial charge in [-0.25, -0.2) is 8.78 Å². The van der Waals surface area contributed by atoms with Crippen LogP contribution in [0.2, 0.25) is 0 Å². The van der Waals surface area contributed by atoms with E-state index in [1.807, 2.05) is 26.0 Å². The number of hydrogen-bond acceptors (Lipinski definition) is 5. The Morgan fingerprint density at radius 1 is 0.950 bits per heavy atom. The molecule has 0 radical (unpaired) electrons. The molecule has 224 valence electrons. The van der Waals surface area contributed by atoms with Crippen LogP contribution in [0.3, 0.4) is 0 Å². The van der Waals surface area contributed by atoms with Gasteiger partial charge in [-0.3, -0.25) is 4.79 Å². The minimum absolute atomic E-state index is 0.00443. The molecule has 0 bridgehead atoms. The molecule has 0 saturated carbocycles. The van der Waals surface area contributed by atoms with Gasteiger partial charge in [0.15, 0.2) is 11.5 Å². The maximum atomic E-state index is 14.0. The van der Waals surface area contributed by atoms with Crippen molar-refractivity contribution in [2.45, 2.75) is 72.4 Å². The highest BCUT2D eigenvalue weighted by molar-refractivity contribution is 5.78. The minimum Gasteiger partial charge on any atom is -0.493 e. The lowest BCUT2D eigenvalue weighted by molar-refractivity contribution is -0.127. The summed E-state index contributed by atoms with van der Waals surface area (Å²) in [5, 5.41) is 13.7. The maximum Gasteiger partial charge on any atom is 0.223 e. The summed E-state index contributed by atoms with van der Waals surface area (Å²) in [5.41, 5.74) is 1.36. The van der Waals surface area contributed by atoms with Gasteiger partial charge in [0, 0.05) is 44.2 Å². The predicted octanol–water partition coefficient (Wildman–Crippen LogP) is 6.32. The van der Waals surface area contributed by atoms with E-state index in [9.17, 15) is 18.7 Å². The molecule has 0 aliphatic carbocycles. The molecule has 2 aromatic rings. The Morgan fingerprint density at radius 2 is 1.70 bits per heavy atom. The first-order valence-electron chi connectivity index (χ1n) is 14.2. The third-order valence-electron chi connectivity index (χ3n) is 7.43. The van der Waals surface area contributed by atoms with Crippen molar-refractivity contribution in [1.29, 1.82) is 0 Å². The minimum atomic E-state index is -0.692. The van der Waals surface area contributed by atoms with Gasteiger partial charge in [-0.15, -0.1) is 0 Å². The van der Waals surface area contributed by atoms with Gasteiger partial charge in [-0.1, -0.05) is 39.8 Å². The van der Waals surface area contributed by atoms with Crippen LogP contribution in [0, 0.1) is 35.3 Å². The molecule has 0 aromatic heterocycles. The number of ether oxygens (including phenoxy) is 3. The summed E-state index contributed by atoms with van der Waals surface area (Å²) in [4.78, 5) is 12.9. The molecule has 2 N–H and O–H groups in total. The summed E-state index contributed by atoms with van der Waals surface area (Å²) in [6.07, 6.45) is 2.68. The predicted molar refractivity (Wildman–Crippen MR) is 153 cm³/mol. The van der Waals surface area contributed by atoms with Crippen molar-refractivity contribution in [3.8, 4) is 11.5 Å². The van der Waals surface area contributed by atoms with Crippen LogP contribution in [0.15, 0.2) is 36.4 Å². The van der Waals surface area contributed by atoms with E-state index in [1.165, 1.54) is 12.1 Å². The monoisotopic (exact) mass is 563 g/mol. The molecular weight excluding hydrogens is 516 g/mol. The van der Waals surface area contributed by atoms with Crippen molar-refractivity contribution in [2.75, 3.05) is 27.4 Å². The zero-order valence-corrected chi connectivity index (χ0v) is 24.8. The van der Waals surface area contributed by atoms with Crippen molar-refractivity contribution >= 4 is 5.91 Å². The first-order valence-corrected chi connectivity index (χ1v) is 14.2. The van der Waals surface area contributed by atoms with Crippen LogP contribution in [0.1, 0.15) is 64.5 Å². The van der Waals surface area contributed by atoms with Crippen molar-refractivity contribution in [2.24, 2.45) is 23.7 Å². The van der Waals surface area contributed by atoms with Gasteiger partial charge >= 0.3 is 0 Å². The van der Waals surface area contributed by atoms with Crippen LogP contribution in [0.5, 0.6) is 11.5 Å². The van der Waals surface area contributed by atoms with Crippen LogP contribution in [-0.4, -0.2) is 44.6 Å². The van der Waals surface area contributed by atoms with Crippen molar-refractivity contribution in [3.63, 3.8) is 0 Å². The van der Waals surface area contributed by atoms with Crippen molar-refractivity contribution < 1.29 is 32.9 Å². The van der Waals surface area contributed by atoms with E-state index < -0.39 is 23.7 Å². The lowest BCUT2D eigenvalue weighted by Crippen LogP contribution is -2.35. The molecule has 40 heavy (non-hydrogen) atoms. The standard InChI is InChI=1S/C32H47F2NO5/c1-21(2)24(16-23-8-13-30(39-6)31(17-23)40-15-7-14-38-5)10-12-27(36)19-28(22(3)4)32(37)35-20-25-9-11-26(33)18-29(25)34/h8-9,11,13,17-18,21-22,24,27-28,36H,7,10,12,14-16,19-20H2,1-6H3,(H,35,37)/t24-,27-,28+/m1/s1. The van der Waals surface area contributed by atoms with E-state index in [0.29, 0.717) is 49.4 Å². The lowest BCUT2D eigenvalue weighted by Gasteiger charge is -2.26. The van der Waals surface area contributed by atoms with Gasteiger partial charge in [-0.05, 0) is 67.2 Å². The normalized spacial score (nSPS) is 13.8. The largest absolute Gasteiger partial charge is 0.493 e. The number of carbonyl (C=O) groups is 1. The highest BCUT2D eigenvalue weighted by Crippen LogP contribution is 2.32. The number of aliphatic hydroxyl groups is 1. The van der Waals surface area contributed by atoms with Gasteiger partial charge in [0.05, 0.1) is 19.8 Å². The first kappa shape index (κ1) is 33.5. The molecule has 0 spiro atoms. The maximum absolute atomic E-state index is 14.0. The van der Waals surface area contributed by atoms with E-state index in [2.05, 4.69) is 25.2 Å². The number of aliphatic hydroxyl groups excluding tert-OH is 1. The number of rotatable bonds is 18. The number of halogens is 2. The summed E-state index contributed by atoms with van der Waals surface area (Å²) < 4.78 is 43.6. The molecule has 2 rings (SSSR count). The molecule has 0 aliphatic heterocycles. The van der Waals surface area contributed by atoms with Crippen molar-refractivity contribution in [3.05, 3.63) is 59.2 Å². The molecule has 0 aliphatic rings. The molecule has 0 unspecified atom stereocenters. The number of hydrogen-bond donors (Lipinski definition) is 2. The van der Waals surface area contributed by atoms with Crippen LogP contribution < -0.4 is 14.8 Å². The number of benzene rings is 2. The number of carbonyl (C=O) groups excluding carboxylic acids is 1. The fourth-order valence-corrected chi connectivity index (χ4v) is 4.80. The Hall–Kier alpha value is -2.71. The van der Waals surface area contributed by atoms with Crippen LogP contribution >= 0.6 is 0 Å². The van der Waals surface area contributed by atoms with E-state index in [4.69, 9.17) is 14.2 Å². The smallest absolute Gasteiger partial charge is 0.223 e. The second-order valence-electron chi connectivity index (χ2n) is 11.2. The average molecular weight is 564 g/mol. The molecule has 1 amide bonds. The summed E-state index contributed by atoms with van der Waals surface area (Å²) in [7, 11) is 3.29. The topological polar surface area (TPSA) is 77.0 Å². The first-order chi connectivity index (χ1) is 19.0. The van der Waals surface area contributed by atoms with E-state index in [0.717, 1.165) is 30.9 Å². The van der Waals surface area contributed by atoms with Gasteiger partial charge in [0.25, 0.3) is 0 Å². The Morgan fingerprint density at radius 3 is 2.33 bits per heavy atom. The molecular formula is C32H47F2NO5. The van der Waals surface area contributed by atoms with Crippen LogP contribution in [0.25, 0.3) is 0 Å². The molecule has 0 fully saturated rings. The van der Waals surface area contributed by atoms with Crippen LogP contribution in [-0.2, 0) is 22.5 Å². The second kappa shape index (κ2) is 17.2. The third-order valence-corrected chi connectivity index (χ3v) is 7.43. The molecule has 0 heterocycles. The molecule has 8 heteroatoms. The van der Waals surface area contributed by atoms with Gasteiger partial charge in [-0.2, -0.15) is 0 Å². The van der Waals surface area contributed by atoms with Gasteiger partial charge in [0.2, 0.25) is 5.91 Å². The van der Waals surface area contributed by atoms with Gasteiger partial charge < -0.3 is 24.6 Å². The highest BCUT2D eigenvalue weighted by atomic mass is 19.1. The van der Waals surface area contributed by atoms with Crippen molar-refractivity contribution in [1.82, 2.24) is 5.32 Å². The summed E-state index contributed by atoms with van der Waals surface area (Å²) >= 11 is 0. The number of amides is 1. The van der Waals surface area contributed by atoms with Crippen LogP contribution in [0.4, 0.5) is 8.78 Å². The molecule has 3 atom stereocenters. The Bertz CT molecular complexity index is 1050. The molecule has 0 saturated heterocycles. The van der Waals surface area contributed by atoms with E-state index in [1.54, 1.807) is 14.2 Å². The lowest BCUT2D eigenvalue weighted by atomic mass is 9.82. The average Bonchev–Trinajstić information content (AvgIpc) is 2.91. The fraction of sp³-hybridized carbons (Fsp3) is 0.594. The summed E-state index contributed by atoms with van der Waals surface area (Å²) in [6, 6.07) is 9.31. The Balaban J connectivity index is 1.95. The molecule has 2 aromatic carbocycles. The van der Waals surface area contributed by atoms with E-state index >= 15 is 0 Å². The summed E-state index contributed by atoms with van der Waals surface area (Å²) in [5.74, 6) is 0.118. The number of methoxy groups -OCH3 is 2. The zero-order valence-electron chi connectivity index (χ0n) is 24.8. The third kappa shape index (κ3) is 11.0. The highest BCUT2D eigenvalue weighted by Gasteiger charge is 2.26. The quantitative estimate of drug-likeness (QED) is 0.208. The second-order valence-corrected chi connectivity index (χ2v) is 11.2. The van der Waals surface area contributed by atoms with E-state index in [-0.39, 0.29) is 23.9 Å². The fourth-order valence-electron chi connectivity index (χ4n) is 4.80. The Kier molecular flexibility index (Phi) is 14.4. The summed E-state index contributed by atoms with van der Waals surface area (Å²) in [6.45, 7) is 9.38. The molecule has 6 nitrogen and oxygen atoms in total. The Labute approximate surface area is 238 Å².